The molecule has 0 heterocycles. The molecule has 1 atom stereocenters. The van der Waals surface area contributed by atoms with E-state index in [4.69, 9.17) is 32.7 Å². The highest BCUT2D eigenvalue weighted by molar-refractivity contribution is 9.10. The van der Waals surface area contributed by atoms with Gasteiger partial charge in [-0.15, -0.1) is 11.6 Å². The maximum atomic E-state index is 6.55. The van der Waals surface area contributed by atoms with E-state index in [9.17, 15) is 0 Å². The van der Waals surface area contributed by atoms with Crippen molar-refractivity contribution in [3.8, 4) is 11.5 Å². The van der Waals surface area contributed by atoms with Crippen LogP contribution in [-0.2, 0) is 6.42 Å². The Morgan fingerprint density at radius 2 is 1.76 bits per heavy atom. The lowest BCUT2D eigenvalue weighted by atomic mass is 10.0. The van der Waals surface area contributed by atoms with Crippen molar-refractivity contribution in [1.29, 1.82) is 0 Å². The number of hydrogen-bond acceptors (Lipinski definition) is 2. The fourth-order valence-electron chi connectivity index (χ4n) is 2.09. The maximum absolute atomic E-state index is 6.55. The first-order valence-corrected chi connectivity index (χ1v) is 7.95. The molecular formula is C16H15BrCl2O2. The smallest absolute Gasteiger partial charge is 0.161 e. The third-order valence-electron chi connectivity index (χ3n) is 3.14. The van der Waals surface area contributed by atoms with Gasteiger partial charge in [0, 0.05) is 9.50 Å². The van der Waals surface area contributed by atoms with Crippen LogP contribution in [0.5, 0.6) is 11.5 Å². The van der Waals surface area contributed by atoms with Gasteiger partial charge in [0.1, 0.15) is 0 Å². The van der Waals surface area contributed by atoms with E-state index in [1.54, 1.807) is 14.2 Å². The van der Waals surface area contributed by atoms with Crippen molar-refractivity contribution >= 4 is 39.1 Å². The average molecular weight is 390 g/mol. The topological polar surface area (TPSA) is 18.5 Å². The SMILES string of the molecule is COc1cc(Br)c(C(Cl)Cc2cccc(Cl)c2)cc1OC. The summed E-state index contributed by atoms with van der Waals surface area (Å²) in [6.07, 6.45) is 0.677. The van der Waals surface area contributed by atoms with Gasteiger partial charge in [-0.25, -0.2) is 0 Å². The monoisotopic (exact) mass is 388 g/mol. The van der Waals surface area contributed by atoms with Gasteiger partial charge in [-0.1, -0.05) is 39.7 Å². The molecule has 0 aliphatic heterocycles. The Hall–Kier alpha value is -0.900. The molecule has 0 bridgehead atoms. The first kappa shape index (κ1) is 16.5. The molecule has 2 nitrogen and oxygen atoms in total. The van der Waals surface area contributed by atoms with E-state index >= 15 is 0 Å². The molecule has 0 saturated carbocycles. The van der Waals surface area contributed by atoms with E-state index in [0.29, 0.717) is 22.9 Å². The lowest BCUT2D eigenvalue weighted by Gasteiger charge is -2.16. The Morgan fingerprint density at radius 1 is 1.10 bits per heavy atom. The molecule has 1 unspecified atom stereocenters. The van der Waals surface area contributed by atoms with Crippen LogP contribution in [0.25, 0.3) is 0 Å². The molecule has 2 rings (SSSR count). The number of methoxy groups -OCH3 is 2. The van der Waals surface area contributed by atoms with Crippen molar-refractivity contribution in [2.45, 2.75) is 11.8 Å². The molecule has 0 aliphatic carbocycles. The zero-order valence-corrected chi connectivity index (χ0v) is 14.8. The second kappa shape index (κ2) is 7.39. The molecule has 0 aromatic heterocycles. The van der Waals surface area contributed by atoms with E-state index in [1.807, 2.05) is 36.4 Å². The number of rotatable bonds is 5. The molecule has 0 fully saturated rings. The van der Waals surface area contributed by atoms with Crippen LogP contribution >= 0.6 is 39.1 Å². The molecule has 0 N–H and O–H groups in total. The summed E-state index contributed by atoms with van der Waals surface area (Å²) >= 11 is 16.1. The van der Waals surface area contributed by atoms with Crippen molar-refractivity contribution in [3.05, 3.63) is 57.0 Å². The van der Waals surface area contributed by atoms with E-state index in [2.05, 4.69) is 15.9 Å². The summed E-state index contributed by atoms with van der Waals surface area (Å²) in [7, 11) is 3.21. The van der Waals surface area contributed by atoms with Crippen LogP contribution in [0.3, 0.4) is 0 Å². The largest absolute Gasteiger partial charge is 0.493 e. The highest BCUT2D eigenvalue weighted by Crippen LogP contribution is 2.39. The minimum atomic E-state index is -0.197. The molecule has 0 aliphatic rings. The summed E-state index contributed by atoms with van der Waals surface area (Å²) in [4.78, 5) is 0. The van der Waals surface area contributed by atoms with Crippen LogP contribution in [0.1, 0.15) is 16.5 Å². The molecule has 0 radical (unpaired) electrons. The number of benzene rings is 2. The molecule has 21 heavy (non-hydrogen) atoms. The van der Waals surface area contributed by atoms with Crippen LogP contribution < -0.4 is 9.47 Å². The Kier molecular flexibility index (Phi) is 5.80. The van der Waals surface area contributed by atoms with Gasteiger partial charge in [0.05, 0.1) is 19.6 Å². The molecule has 2 aromatic rings. The minimum Gasteiger partial charge on any atom is -0.493 e. The molecule has 2 aromatic carbocycles. The van der Waals surface area contributed by atoms with Crippen LogP contribution in [0, 0.1) is 0 Å². The number of hydrogen-bond donors (Lipinski definition) is 0. The van der Waals surface area contributed by atoms with Gasteiger partial charge in [-0.05, 0) is 41.8 Å². The Labute approximate surface area is 143 Å². The molecular weight excluding hydrogens is 375 g/mol. The van der Waals surface area contributed by atoms with Crippen LogP contribution in [0.15, 0.2) is 40.9 Å². The summed E-state index contributed by atoms with van der Waals surface area (Å²) < 4.78 is 11.5. The molecule has 0 saturated heterocycles. The summed E-state index contributed by atoms with van der Waals surface area (Å²) in [5.74, 6) is 1.33. The molecule has 112 valence electrons. The molecule has 0 spiro atoms. The van der Waals surface area contributed by atoms with Crippen LogP contribution in [0.2, 0.25) is 5.02 Å². The second-order valence-corrected chi connectivity index (χ2v) is 6.35. The van der Waals surface area contributed by atoms with Crippen molar-refractivity contribution in [3.63, 3.8) is 0 Å². The van der Waals surface area contributed by atoms with Crippen molar-refractivity contribution < 1.29 is 9.47 Å². The normalized spacial score (nSPS) is 12.0. The average Bonchev–Trinajstić information content (AvgIpc) is 2.46. The number of halogens is 3. The maximum Gasteiger partial charge on any atom is 0.161 e. The Bertz CT molecular complexity index is 632. The van der Waals surface area contributed by atoms with E-state index in [-0.39, 0.29) is 5.38 Å². The summed E-state index contributed by atoms with van der Waals surface area (Å²) in [6, 6.07) is 11.5. The van der Waals surface area contributed by atoms with Gasteiger partial charge in [0.2, 0.25) is 0 Å². The summed E-state index contributed by atoms with van der Waals surface area (Å²) in [6.45, 7) is 0. The van der Waals surface area contributed by atoms with E-state index in [0.717, 1.165) is 15.6 Å². The minimum absolute atomic E-state index is 0.197. The molecule has 5 heteroatoms. The van der Waals surface area contributed by atoms with Crippen molar-refractivity contribution in [2.24, 2.45) is 0 Å². The van der Waals surface area contributed by atoms with Crippen molar-refractivity contribution in [2.75, 3.05) is 14.2 Å². The van der Waals surface area contributed by atoms with Crippen molar-refractivity contribution in [1.82, 2.24) is 0 Å². The van der Waals surface area contributed by atoms with Gasteiger partial charge in [0.15, 0.2) is 11.5 Å². The first-order valence-electron chi connectivity index (χ1n) is 6.35. The molecule has 0 amide bonds. The quantitative estimate of drug-likeness (QED) is 0.615. The Morgan fingerprint density at radius 3 is 2.38 bits per heavy atom. The van der Waals surface area contributed by atoms with Gasteiger partial charge in [-0.3, -0.25) is 0 Å². The zero-order valence-electron chi connectivity index (χ0n) is 11.7. The third-order valence-corrected chi connectivity index (χ3v) is 4.46. The fraction of sp³-hybridized carbons (Fsp3) is 0.250. The second-order valence-electron chi connectivity index (χ2n) is 4.53. The first-order chi connectivity index (χ1) is 10.0. The number of alkyl halides is 1. The lowest BCUT2D eigenvalue weighted by Crippen LogP contribution is -1.99. The lowest BCUT2D eigenvalue weighted by molar-refractivity contribution is 0.354. The standard InChI is InChI=1S/C16H15BrCl2O2/c1-20-15-8-12(13(17)9-16(15)21-2)14(19)7-10-4-3-5-11(18)6-10/h3-6,8-9,14H,7H2,1-2H3. The summed E-state index contributed by atoms with van der Waals surface area (Å²) in [5.41, 5.74) is 2.04. The number of ether oxygens (including phenoxy) is 2. The van der Waals surface area contributed by atoms with Gasteiger partial charge < -0.3 is 9.47 Å². The van der Waals surface area contributed by atoms with Crippen LogP contribution in [0.4, 0.5) is 0 Å². The highest BCUT2D eigenvalue weighted by atomic mass is 79.9. The van der Waals surface area contributed by atoms with Gasteiger partial charge in [-0.2, -0.15) is 0 Å². The van der Waals surface area contributed by atoms with Gasteiger partial charge >= 0.3 is 0 Å². The predicted molar refractivity (Wildman–Crippen MR) is 91.0 cm³/mol. The Balaban J connectivity index is 2.28. The predicted octanol–water partition coefficient (Wildman–Crippen LogP) is 5.64. The fourth-order valence-corrected chi connectivity index (χ4v) is 3.39. The zero-order chi connectivity index (χ0) is 15.4. The third kappa shape index (κ3) is 4.06. The van der Waals surface area contributed by atoms with Gasteiger partial charge in [0.25, 0.3) is 0 Å². The van der Waals surface area contributed by atoms with E-state index < -0.39 is 0 Å². The summed E-state index contributed by atoms with van der Waals surface area (Å²) in [5, 5.41) is 0.514. The highest BCUT2D eigenvalue weighted by Gasteiger charge is 2.17. The van der Waals surface area contributed by atoms with E-state index in [1.165, 1.54) is 0 Å². The van der Waals surface area contributed by atoms with Crippen LogP contribution in [-0.4, -0.2) is 14.2 Å².